The van der Waals surface area contributed by atoms with Crippen LogP contribution >= 0.6 is 11.6 Å². The molecular weight excluding hydrogens is 430 g/mol. The first kappa shape index (κ1) is 22.8. The fourth-order valence-electron chi connectivity index (χ4n) is 4.31. The van der Waals surface area contributed by atoms with Gasteiger partial charge in [-0.3, -0.25) is 4.98 Å². The molecule has 3 atom stereocenters. The Morgan fingerprint density at radius 1 is 1.28 bits per heavy atom. The molecule has 0 aliphatic heterocycles. The highest BCUT2D eigenvalue weighted by molar-refractivity contribution is 6.32. The molecule has 4 rings (SSSR count). The third-order valence-electron chi connectivity index (χ3n) is 6.15. The number of nitrogens with zero attached hydrogens (tertiary/aromatic N) is 3. The number of anilines is 2. The molecule has 0 amide bonds. The molecule has 172 valence electrons. The Morgan fingerprint density at radius 3 is 2.84 bits per heavy atom. The van der Waals surface area contributed by atoms with E-state index in [1.54, 1.807) is 13.3 Å². The van der Waals surface area contributed by atoms with Crippen molar-refractivity contribution in [2.24, 2.45) is 11.8 Å². The van der Waals surface area contributed by atoms with Gasteiger partial charge in [-0.25, -0.2) is 4.98 Å². The quantitative estimate of drug-likeness (QED) is 0.320. The standard InChI is InChI=1S/C23H30ClN5O3/c1-4-16-8-14-10-18(32-19(14)11-26-16)20-21(24)28-23(25-5-6-31-3)29-22(20)27-17-7-13(2)15(9-17)12-30/h8,10-11,13,15,17,30H,4-7,9,12H2,1-3H3,(H2,25,27,28,29)/t13-,15+,17-/m0/s1. The number of methoxy groups -OCH3 is 1. The summed E-state index contributed by atoms with van der Waals surface area (Å²) >= 11 is 6.66. The van der Waals surface area contributed by atoms with Gasteiger partial charge in [-0.15, -0.1) is 0 Å². The summed E-state index contributed by atoms with van der Waals surface area (Å²) in [5, 5.41) is 17.6. The summed E-state index contributed by atoms with van der Waals surface area (Å²) in [4.78, 5) is 13.6. The van der Waals surface area contributed by atoms with E-state index in [0.29, 0.717) is 52.9 Å². The number of aromatic nitrogens is 3. The fraction of sp³-hybridized carbons (Fsp3) is 0.522. The van der Waals surface area contributed by atoms with E-state index in [9.17, 15) is 5.11 Å². The summed E-state index contributed by atoms with van der Waals surface area (Å²) in [6.45, 7) is 5.52. The van der Waals surface area contributed by atoms with Gasteiger partial charge in [-0.2, -0.15) is 4.98 Å². The number of nitrogens with one attached hydrogen (secondary N) is 2. The maximum absolute atomic E-state index is 9.67. The van der Waals surface area contributed by atoms with Crippen molar-refractivity contribution in [2.45, 2.75) is 39.2 Å². The molecule has 32 heavy (non-hydrogen) atoms. The summed E-state index contributed by atoms with van der Waals surface area (Å²) in [6, 6.07) is 4.16. The second-order valence-electron chi connectivity index (χ2n) is 8.39. The van der Waals surface area contributed by atoms with Crippen molar-refractivity contribution >= 4 is 34.3 Å². The van der Waals surface area contributed by atoms with Crippen LogP contribution in [0.5, 0.6) is 0 Å². The molecule has 0 spiro atoms. The van der Waals surface area contributed by atoms with Crippen LogP contribution in [0.1, 0.15) is 32.4 Å². The molecule has 8 nitrogen and oxygen atoms in total. The molecule has 0 radical (unpaired) electrons. The maximum atomic E-state index is 9.67. The van der Waals surface area contributed by atoms with E-state index in [-0.39, 0.29) is 18.6 Å². The highest BCUT2D eigenvalue weighted by Gasteiger charge is 2.32. The molecule has 1 aliphatic rings. The van der Waals surface area contributed by atoms with Crippen molar-refractivity contribution in [3.05, 3.63) is 29.2 Å². The molecule has 0 aromatic carbocycles. The van der Waals surface area contributed by atoms with Crippen LogP contribution in [-0.2, 0) is 11.2 Å². The lowest BCUT2D eigenvalue weighted by Gasteiger charge is -2.18. The zero-order chi connectivity index (χ0) is 22.7. The number of aryl methyl sites for hydroxylation is 1. The van der Waals surface area contributed by atoms with Crippen LogP contribution < -0.4 is 10.6 Å². The summed E-state index contributed by atoms with van der Waals surface area (Å²) < 4.78 is 11.2. The Morgan fingerprint density at radius 2 is 2.12 bits per heavy atom. The number of furan rings is 1. The molecule has 0 unspecified atom stereocenters. The van der Waals surface area contributed by atoms with Crippen molar-refractivity contribution in [2.75, 3.05) is 37.5 Å². The Balaban J connectivity index is 1.71. The lowest BCUT2D eigenvalue weighted by Crippen LogP contribution is -2.19. The minimum Gasteiger partial charge on any atom is -0.454 e. The van der Waals surface area contributed by atoms with Gasteiger partial charge in [0.15, 0.2) is 5.58 Å². The van der Waals surface area contributed by atoms with Crippen LogP contribution in [0.3, 0.4) is 0 Å². The number of hydrogen-bond acceptors (Lipinski definition) is 8. The van der Waals surface area contributed by atoms with Crippen molar-refractivity contribution < 1.29 is 14.3 Å². The van der Waals surface area contributed by atoms with Crippen molar-refractivity contribution in [3.8, 4) is 11.3 Å². The topological polar surface area (TPSA) is 105 Å². The van der Waals surface area contributed by atoms with Gasteiger partial charge in [0.2, 0.25) is 5.95 Å². The van der Waals surface area contributed by atoms with Gasteiger partial charge in [-0.05, 0) is 43.2 Å². The van der Waals surface area contributed by atoms with E-state index in [1.807, 2.05) is 12.1 Å². The summed E-state index contributed by atoms with van der Waals surface area (Å²) in [5.74, 6) is 2.34. The second kappa shape index (κ2) is 10.0. The molecule has 0 saturated heterocycles. The average molecular weight is 460 g/mol. The number of aliphatic hydroxyl groups excluding tert-OH is 1. The lowest BCUT2D eigenvalue weighted by atomic mass is 10.00. The van der Waals surface area contributed by atoms with Crippen molar-refractivity contribution in [3.63, 3.8) is 0 Å². The summed E-state index contributed by atoms with van der Waals surface area (Å²) in [7, 11) is 1.64. The molecule has 1 aliphatic carbocycles. The molecule has 9 heteroatoms. The van der Waals surface area contributed by atoms with E-state index in [0.717, 1.165) is 30.3 Å². The molecule has 1 saturated carbocycles. The van der Waals surface area contributed by atoms with Gasteiger partial charge in [0, 0.05) is 37.4 Å². The van der Waals surface area contributed by atoms with Crippen LogP contribution in [0, 0.1) is 11.8 Å². The van der Waals surface area contributed by atoms with Crippen LogP contribution in [0.4, 0.5) is 11.8 Å². The van der Waals surface area contributed by atoms with E-state index < -0.39 is 0 Å². The smallest absolute Gasteiger partial charge is 0.226 e. The Kier molecular flexibility index (Phi) is 7.13. The first-order valence-corrected chi connectivity index (χ1v) is 11.5. The Hall–Kier alpha value is -2.42. The van der Waals surface area contributed by atoms with Crippen LogP contribution in [0.2, 0.25) is 5.15 Å². The second-order valence-corrected chi connectivity index (χ2v) is 8.75. The molecule has 0 bridgehead atoms. The number of aliphatic hydroxyl groups is 1. The van der Waals surface area contributed by atoms with E-state index in [1.165, 1.54) is 0 Å². The minimum absolute atomic E-state index is 0.177. The summed E-state index contributed by atoms with van der Waals surface area (Å²) in [6.07, 6.45) is 4.41. The Labute approximate surface area is 192 Å². The van der Waals surface area contributed by atoms with Crippen LogP contribution in [0.25, 0.3) is 22.3 Å². The molecule has 1 fully saturated rings. The van der Waals surface area contributed by atoms with Crippen LogP contribution in [-0.4, -0.2) is 53.0 Å². The maximum Gasteiger partial charge on any atom is 0.226 e. The number of hydrogen-bond donors (Lipinski definition) is 3. The normalized spacial score (nSPS) is 20.7. The van der Waals surface area contributed by atoms with Crippen molar-refractivity contribution in [1.29, 1.82) is 0 Å². The zero-order valence-electron chi connectivity index (χ0n) is 18.7. The first-order valence-electron chi connectivity index (χ1n) is 11.1. The van der Waals surface area contributed by atoms with Gasteiger partial charge in [0.1, 0.15) is 16.7 Å². The molecule has 3 aromatic heterocycles. The molecule has 3 N–H and O–H groups in total. The number of rotatable bonds is 9. The van der Waals surface area contributed by atoms with Crippen LogP contribution in [0.15, 0.2) is 22.7 Å². The predicted molar refractivity (Wildman–Crippen MR) is 126 cm³/mol. The van der Waals surface area contributed by atoms with E-state index in [2.05, 4.69) is 34.4 Å². The molecule has 3 heterocycles. The van der Waals surface area contributed by atoms with Crippen molar-refractivity contribution in [1.82, 2.24) is 15.0 Å². The largest absolute Gasteiger partial charge is 0.454 e. The molecule has 3 aromatic rings. The fourth-order valence-corrected chi connectivity index (χ4v) is 4.57. The number of fused-ring (bicyclic) bond motifs is 1. The highest BCUT2D eigenvalue weighted by atomic mass is 35.5. The zero-order valence-corrected chi connectivity index (χ0v) is 19.4. The lowest BCUT2D eigenvalue weighted by molar-refractivity contribution is 0.201. The van der Waals surface area contributed by atoms with E-state index in [4.69, 9.17) is 25.7 Å². The van der Waals surface area contributed by atoms with Gasteiger partial charge < -0.3 is 24.9 Å². The third-order valence-corrected chi connectivity index (χ3v) is 6.42. The van der Waals surface area contributed by atoms with Gasteiger partial charge in [0.05, 0.1) is 18.4 Å². The highest BCUT2D eigenvalue weighted by Crippen LogP contribution is 2.39. The molecular formula is C23H30ClN5O3. The SMILES string of the molecule is CCc1cc2cc(-c3c(Cl)nc(NCCOC)nc3N[C@@H]3C[C@H](CO)[C@@H](C)C3)oc2cn1. The third kappa shape index (κ3) is 4.82. The van der Waals surface area contributed by atoms with E-state index >= 15 is 0 Å². The Bertz CT molecular complexity index is 1070. The summed E-state index contributed by atoms with van der Waals surface area (Å²) in [5.41, 5.74) is 2.31. The predicted octanol–water partition coefficient (Wildman–Crippen LogP) is 4.38. The van der Waals surface area contributed by atoms with Gasteiger partial charge in [-0.1, -0.05) is 25.4 Å². The number of halogens is 1. The number of ether oxygens (including phenoxy) is 1. The average Bonchev–Trinajstić information content (AvgIpc) is 3.35. The monoisotopic (exact) mass is 459 g/mol. The minimum atomic E-state index is 0.177. The first-order chi connectivity index (χ1) is 15.5. The van der Waals surface area contributed by atoms with Gasteiger partial charge >= 0.3 is 0 Å². The van der Waals surface area contributed by atoms with Gasteiger partial charge in [0.25, 0.3) is 0 Å². The number of pyridine rings is 1.